The van der Waals surface area contributed by atoms with Gasteiger partial charge in [-0.3, -0.25) is 14.4 Å². The molecule has 0 aromatic heterocycles. The van der Waals surface area contributed by atoms with Gasteiger partial charge in [0.2, 0.25) is 0 Å². The second-order valence-corrected chi connectivity index (χ2v) is 6.89. The van der Waals surface area contributed by atoms with E-state index in [4.69, 9.17) is 30.1 Å². The van der Waals surface area contributed by atoms with Crippen LogP contribution in [0.4, 0.5) is 0 Å². The van der Waals surface area contributed by atoms with Crippen molar-refractivity contribution in [2.75, 3.05) is 40.4 Å². The Morgan fingerprint density at radius 2 is 1.59 bits per heavy atom. The van der Waals surface area contributed by atoms with E-state index in [2.05, 4.69) is 5.92 Å². The summed E-state index contributed by atoms with van der Waals surface area (Å²) in [5.74, 6) is 0.801. The van der Waals surface area contributed by atoms with Crippen molar-refractivity contribution in [1.29, 1.82) is 0 Å². The second-order valence-electron chi connectivity index (χ2n) is 6.89. The van der Waals surface area contributed by atoms with E-state index in [1.807, 2.05) is 14.1 Å². The number of carbonyl (C=O) groups excluding carboxylic acids is 3. The molecule has 0 bridgehead atoms. The third-order valence-electron chi connectivity index (χ3n) is 3.80. The molecule has 1 saturated heterocycles. The molecular formula is C18H28NO8+. The van der Waals surface area contributed by atoms with Crippen LogP contribution in [0, 0.1) is 12.3 Å². The molecule has 0 aliphatic carbocycles. The van der Waals surface area contributed by atoms with Crippen LogP contribution in [0.1, 0.15) is 20.8 Å². The van der Waals surface area contributed by atoms with Gasteiger partial charge in [0.15, 0.2) is 24.6 Å². The molecule has 4 atom stereocenters. The number of likely N-dealkylation sites (N-methyl/N-ethyl adjacent to an activating group) is 1. The van der Waals surface area contributed by atoms with Gasteiger partial charge >= 0.3 is 17.9 Å². The summed E-state index contributed by atoms with van der Waals surface area (Å²) in [5.41, 5.74) is 0. The second kappa shape index (κ2) is 10.3. The molecule has 0 spiro atoms. The predicted molar refractivity (Wildman–Crippen MR) is 93.0 cm³/mol. The van der Waals surface area contributed by atoms with E-state index in [9.17, 15) is 14.4 Å². The van der Waals surface area contributed by atoms with Gasteiger partial charge in [-0.05, 0) is 5.92 Å². The lowest BCUT2D eigenvalue weighted by Crippen LogP contribution is -2.58. The van der Waals surface area contributed by atoms with Crippen molar-refractivity contribution in [1.82, 2.24) is 0 Å². The fourth-order valence-electron chi connectivity index (χ4n) is 2.59. The summed E-state index contributed by atoms with van der Waals surface area (Å²) in [5, 5.41) is 0. The first-order chi connectivity index (χ1) is 12.6. The molecule has 1 fully saturated rings. The Kier molecular flexibility index (Phi) is 8.69. The summed E-state index contributed by atoms with van der Waals surface area (Å²) in [6.07, 6.45) is 1.34. The maximum absolute atomic E-state index is 11.5. The number of nitrogens with zero attached hydrogens (tertiary/aromatic N) is 1. The highest BCUT2D eigenvalue weighted by molar-refractivity contribution is 5.68. The van der Waals surface area contributed by atoms with E-state index in [0.717, 1.165) is 0 Å². The van der Waals surface area contributed by atoms with Crippen molar-refractivity contribution in [3.05, 3.63) is 0 Å². The van der Waals surface area contributed by atoms with Crippen molar-refractivity contribution in [3.63, 3.8) is 0 Å². The van der Waals surface area contributed by atoms with Gasteiger partial charge in [-0.25, -0.2) is 0 Å². The Bertz CT molecular complexity index is 582. The van der Waals surface area contributed by atoms with Crippen molar-refractivity contribution in [2.24, 2.45) is 0 Å². The molecule has 1 aliphatic heterocycles. The van der Waals surface area contributed by atoms with Gasteiger partial charge in [-0.1, -0.05) is 0 Å². The quantitative estimate of drug-likeness (QED) is 0.246. The highest BCUT2D eigenvalue weighted by Gasteiger charge is 2.47. The topological polar surface area (TPSA) is 97.4 Å². The van der Waals surface area contributed by atoms with E-state index >= 15 is 0 Å². The summed E-state index contributed by atoms with van der Waals surface area (Å²) in [4.78, 5) is 34.3. The molecule has 1 aliphatic rings. The third-order valence-corrected chi connectivity index (χ3v) is 3.80. The first kappa shape index (κ1) is 22.9. The Hall–Kier alpha value is -2.15. The number of terminal acetylenes is 1. The number of esters is 3. The maximum Gasteiger partial charge on any atom is 0.303 e. The Morgan fingerprint density at radius 3 is 2.11 bits per heavy atom. The van der Waals surface area contributed by atoms with Crippen LogP contribution >= 0.6 is 0 Å². The lowest BCUT2D eigenvalue weighted by Gasteiger charge is -2.40. The van der Waals surface area contributed by atoms with Crippen LogP contribution in [0.3, 0.4) is 0 Å². The van der Waals surface area contributed by atoms with Crippen LogP contribution in [0.25, 0.3) is 0 Å². The minimum atomic E-state index is -1.08. The van der Waals surface area contributed by atoms with Gasteiger partial charge in [0.25, 0.3) is 0 Å². The normalized spacial score (nSPS) is 25.2. The van der Waals surface area contributed by atoms with Crippen LogP contribution in [-0.4, -0.2) is 87.4 Å². The van der Waals surface area contributed by atoms with Crippen molar-refractivity contribution < 1.29 is 42.6 Å². The third kappa shape index (κ3) is 7.95. The number of carbonyl (C=O) groups is 3. The van der Waals surface area contributed by atoms with E-state index in [0.29, 0.717) is 17.6 Å². The number of rotatable bonds is 8. The molecule has 0 saturated carbocycles. The van der Waals surface area contributed by atoms with Crippen molar-refractivity contribution >= 4 is 17.9 Å². The molecule has 152 valence electrons. The molecule has 1 rings (SSSR count). The molecule has 0 aromatic rings. The summed E-state index contributed by atoms with van der Waals surface area (Å²) in [7, 11) is 3.90. The number of quaternary nitrogens is 1. The van der Waals surface area contributed by atoms with Crippen LogP contribution in [0.5, 0.6) is 0 Å². The van der Waals surface area contributed by atoms with E-state index in [1.54, 1.807) is 0 Å². The van der Waals surface area contributed by atoms with E-state index < -0.39 is 42.5 Å². The molecule has 0 radical (unpaired) electrons. The SMILES string of the molecule is C#CC[N+](C)(C)CCOC1OCC(OC(C)=O)C(OC(C)=O)[C@H]1OC(C)=O. The zero-order chi connectivity index (χ0) is 20.6. The van der Waals surface area contributed by atoms with Gasteiger partial charge in [0, 0.05) is 20.8 Å². The molecule has 0 amide bonds. The minimum absolute atomic E-state index is 0.0669. The molecule has 1 heterocycles. The van der Waals surface area contributed by atoms with Crippen LogP contribution in [0.15, 0.2) is 0 Å². The van der Waals surface area contributed by atoms with Gasteiger partial charge in [0.05, 0.1) is 27.3 Å². The standard InChI is InChI=1S/C18H28NO8/c1-7-8-19(5,6)9-10-23-18-17(27-14(4)22)16(26-13(3)21)15(11-24-18)25-12(2)20/h1,15-18H,8-11H2,2-6H3/q+1/t15?,16?,17-,18?/m1/s1. The van der Waals surface area contributed by atoms with E-state index in [1.165, 1.54) is 20.8 Å². The Balaban J connectivity index is 2.89. The fraction of sp³-hybridized carbons (Fsp3) is 0.722. The lowest BCUT2D eigenvalue weighted by molar-refractivity contribution is -0.883. The van der Waals surface area contributed by atoms with Gasteiger partial charge in [-0.15, -0.1) is 6.42 Å². The largest absolute Gasteiger partial charge is 0.456 e. The lowest BCUT2D eigenvalue weighted by atomic mass is 10.0. The monoisotopic (exact) mass is 386 g/mol. The number of hydrogen-bond acceptors (Lipinski definition) is 8. The molecule has 27 heavy (non-hydrogen) atoms. The van der Waals surface area contributed by atoms with Crippen molar-refractivity contribution in [3.8, 4) is 12.3 Å². The van der Waals surface area contributed by atoms with Crippen LogP contribution in [0.2, 0.25) is 0 Å². The first-order valence-corrected chi connectivity index (χ1v) is 8.56. The molecular weight excluding hydrogens is 358 g/mol. The first-order valence-electron chi connectivity index (χ1n) is 8.56. The Morgan fingerprint density at radius 1 is 1.04 bits per heavy atom. The maximum atomic E-state index is 11.5. The highest BCUT2D eigenvalue weighted by atomic mass is 16.7. The fourth-order valence-corrected chi connectivity index (χ4v) is 2.59. The predicted octanol–water partition coefficient (Wildman–Crippen LogP) is -0.136. The number of ether oxygens (including phenoxy) is 5. The average molecular weight is 386 g/mol. The van der Waals surface area contributed by atoms with Crippen molar-refractivity contribution in [2.45, 2.75) is 45.4 Å². The zero-order valence-electron chi connectivity index (χ0n) is 16.4. The van der Waals surface area contributed by atoms with Gasteiger partial charge in [-0.2, -0.15) is 0 Å². The summed E-state index contributed by atoms with van der Waals surface area (Å²) in [6, 6.07) is 0. The minimum Gasteiger partial charge on any atom is -0.456 e. The molecule has 9 heteroatoms. The number of hydrogen-bond donors (Lipinski definition) is 0. The molecule has 3 unspecified atom stereocenters. The summed E-state index contributed by atoms with van der Waals surface area (Å²) in [6.45, 7) is 4.95. The average Bonchev–Trinajstić information content (AvgIpc) is 2.50. The smallest absolute Gasteiger partial charge is 0.303 e. The zero-order valence-corrected chi connectivity index (χ0v) is 16.4. The molecule has 0 aromatic carbocycles. The summed E-state index contributed by atoms with van der Waals surface area (Å²) < 4.78 is 27.5. The van der Waals surface area contributed by atoms with Gasteiger partial charge in [0.1, 0.15) is 13.1 Å². The molecule has 9 nitrogen and oxygen atoms in total. The van der Waals surface area contributed by atoms with Crippen LogP contribution < -0.4 is 0 Å². The Labute approximate surface area is 159 Å². The summed E-state index contributed by atoms with van der Waals surface area (Å²) >= 11 is 0. The van der Waals surface area contributed by atoms with Gasteiger partial charge < -0.3 is 28.2 Å². The molecule has 0 N–H and O–H groups in total. The van der Waals surface area contributed by atoms with Crippen LogP contribution in [-0.2, 0) is 38.1 Å². The van der Waals surface area contributed by atoms with E-state index in [-0.39, 0.29) is 13.2 Å². The highest BCUT2D eigenvalue weighted by Crippen LogP contribution is 2.25.